The van der Waals surface area contributed by atoms with Crippen LogP contribution in [0.15, 0.2) is 0 Å². The summed E-state index contributed by atoms with van der Waals surface area (Å²) in [6, 6.07) is 0. The van der Waals surface area contributed by atoms with Crippen LogP contribution in [0.25, 0.3) is 0 Å². The molecule has 3 nitrogen and oxygen atoms in total. The van der Waals surface area contributed by atoms with Crippen LogP contribution < -0.4 is 5.73 Å². The summed E-state index contributed by atoms with van der Waals surface area (Å²) in [4.78, 5) is 11.2. The number of carbonyl (C=O) groups excluding carboxylic acids is 1. The van der Waals surface area contributed by atoms with Crippen molar-refractivity contribution in [1.29, 1.82) is 0 Å². The molecule has 0 aliphatic carbocycles. The molecule has 0 heterocycles. The highest BCUT2D eigenvalue weighted by Gasteiger charge is 2.05. The van der Waals surface area contributed by atoms with E-state index in [1.807, 2.05) is 0 Å². The molecule has 0 spiro atoms. The normalized spacial score (nSPS) is 12.6. The molecule has 108 valence electrons. The van der Waals surface area contributed by atoms with E-state index in [-0.39, 0.29) is 12.2 Å². The zero-order valence-electron chi connectivity index (χ0n) is 12.0. The van der Waals surface area contributed by atoms with E-state index < -0.39 is 6.23 Å². The van der Waals surface area contributed by atoms with Gasteiger partial charge in [0.25, 0.3) is 0 Å². The third-order valence-corrected chi connectivity index (χ3v) is 3.25. The summed E-state index contributed by atoms with van der Waals surface area (Å²) in [6.07, 6.45) is 12.4. The molecule has 0 bridgehead atoms. The van der Waals surface area contributed by atoms with Gasteiger partial charge in [-0.1, -0.05) is 64.7 Å². The minimum Gasteiger partial charge on any atom is -0.378 e. The van der Waals surface area contributed by atoms with E-state index >= 15 is 0 Å². The van der Waals surface area contributed by atoms with Crippen LogP contribution in [0.1, 0.15) is 84.0 Å². The van der Waals surface area contributed by atoms with Gasteiger partial charge >= 0.3 is 0 Å². The zero-order chi connectivity index (χ0) is 13.6. The van der Waals surface area contributed by atoms with Crippen LogP contribution in [0, 0.1) is 0 Å². The van der Waals surface area contributed by atoms with E-state index in [2.05, 4.69) is 6.92 Å². The van der Waals surface area contributed by atoms with Crippen molar-refractivity contribution >= 4 is 5.78 Å². The van der Waals surface area contributed by atoms with Crippen molar-refractivity contribution in [2.24, 2.45) is 5.73 Å². The average Bonchev–Trinajstić information content (AvgIpc) is 2.30. The molecule has 0 fully saturated rings. The standard InChI is InChI=1S/C15H31NO2/c1-2-3-4-5-6-7-8-9-10-11-12-14(17)13-15(16)18/h15,18H,2-13,16H2,1H3. The summed E-state index contributed by atoms with van der Waals surface area (Å²) in [5, 5.41) is 8.84. The van der Waals surface area contributed by atoms with Crippen LogP contribution in [0.3, 0.4) is 0 Å². The Bertz CT molecular complexity index is 193. The van der Waals surface area contributed by atoms with E-state index in [4.69, 9.17) is 10.8 Å². The fourth-order valence-electron chi connectivity index (χ4n) is 2.14. The first-order valence-electron chi connectivity index (χ1n) is 7.62. The predicted octanol–water partition coefficient (Wildman–Crippen LogP) is 3.53. The van der Waals surface area contributed by atoms with Crippen molar-refractivity contribution in [3.63, 3.8) is 0 Å². The molecular formula is C15H31NO2. The van der Waals surface area contributed by atoms with Crippen LogP contribution in [0.4, 0.5) is 0 Å². The number of unbranched alkanes of at least 4 members (excludes halogenated alkanes) is 9. The summed E-state index contributed by atoms with van der Waals surface area (Å²) in [6.45, 7) is 2.24. The van der Waals surface area contributed by atoms with Crippen molar-refractivity contribution < 1.29 is 9.90 Å². The smallest absolute Gasteiger partial charge is 0.136 e. The number of ketones is 1. The Morgan fingerprint density at radius 1 is 0.944 bits per heavy atom. The lowest BCUT2D eigenvalue weighted by Gasteiger charge is -2.04. The van der Waals surface area contributed by atoms with Gasteiger partial charge in [0.15, 0.2) is 0 Å². The van der Waals surface area contributed by atoms with Crippen LogP contribution in [0.2, 0.25) is 0 Å². The molecular weight excluding hydrogens is 226 g/mol. The van der Waals surface area contributed by atoms with Gasteiger partial charge in [-0.25, -0.2) is 0 Å². The Kier molecular flexibility index (Phi) is 12.7. The summed E-state index contributed by atoms with van der Waals surface area (Å²) in [7, 11) is 0. The minimum absolute atomic E-state index is 0.0876. The maximum absolute atomic E-state index is 11.2. The molecule has 0 rings (SSSR count). The number of aliphatic hydroxyl groups is 1. The summed E-state index contributed by atoms with van der Waals surface area (Å²) >= 11 is 0. The average molecular weight is 257 g/mol. The number of hydrogen-bond acceptors (Lipinski definition) is 3. The van der Waals surface area contributed by atoms with Gasteiger partial charge in [0, 0.05) is 12.8 Å². The van der Waals surface area contributed by atoms with Gasteiger partial charge < -0.3 is 10.8 Å². The van der Waals surface area contributed by atoms with Gasteiger partial charge in [0.2, 0.25) is 0 Å². The number of Topliss-reactive ketones (excluding diaryl/α,β-unsaturated/α-hetero) is 1. The Balaban J connectivity index is 3.09. The summed E-state index contributed by atoms with van der Waals surface area (Å²) < 4.78 is 0. The first-order chi connectivity index (χ1) is 8.66. The van der Waals surface area contributed by atoms with Gasteiger partial charge in [-0.15, -0.1) is 0 Å². The Morgan fingerprint density at radius 3 is 1.83 bits per heavy atom. The van der Waals surface area contributed by atoms with Crippen molar-refractivity contribution in [2.75, 3.05) is 0 Å². The zero-order valence-corrected chi connectivity index (χ0v) is 12.0. The van der Waals surface area contributed by atoms with Crippen LogP contribution >= 0.6 is 0 Å². The lowest BCUT2D eigenvalue weighted by Crippen LogP contribution is -2.22. The maximum Gasteiger partial charge on any atom is 0.136 e. The second-order valence-corrected chi connectivity index (χ2v) is 5.24. The lowest BCUT2D eigenvalue weighted by atomic mass is 10.0. The third kappa shape index (κ3) is 13.7. The lowest BCUT2D eigenvalue weighted by molar-refractivity contribution is -0.120. The van der Waals surface area contributed by atoms with Crippen molar-refractivity contribution in [1.82, 2.24) is 0 Å². The predicted molar refractivity (Wildman–Crippen MR) is 76.3 cm³/mol. The molecule has 1 atom stereocenters. The number of hydrogen-bond donors (Lipinski definition) is 2. The quantitative estimate of drug-likeness (QED) is 0.392. The molecule has 0 saturated heterocycles. The van der Waals surface area contributed by atoms with E-state index in [0.29, 0.717) is 6.42 Å². The molecule has 3 N–H and O–H groups in total. The van der Waals surface area contributed by atoms with Gasteiger partial charge in [-0.05, 0) is 6.42 Å². The highest BCUT2D eigenvalue weighted by molar-refractivity contribution is 5.78. The molecule has 0 aromatic rings. The minimum atomic E-state index is -0.972. The highest BCUT2D eigenvalue weighted by Crippen LogP contribution is 2.11. The third-order valence-electron chi connectivity index (χ3n) is 3.25. The molecule has 0 radical (unpaired) electrons. The molecule has 0 aliphatic rings. The van der Waals surface area contributed by atoms with Gasteiger partial charge in [0.05, 0.1) is 0 Å². The van der Waals surface area contributed by atoms with Crippen molar-refractivity contribution in [2.45, 2.75) is 90.2 Å². The first kappa shape index (κ1) is 17.6. The monoisotopic (exact) mass is 257 g/mol. The van der Waals surface area contributed by atoms with E-state index in [0.717, 1.165) is 12.8 Å². The molecule has 0 aliphatic heterocycles. The van der Waals surface area contributed by atoms with Gasteiger partial charge in [0.1, 0.15) is 12.0 Å². The first-order valence-corrected chi connectivity index (χ1v) is 7.62. The topological polar surface area (TPSA) is 63.3 Å². The summed E-state index contributed by atoms with van der Waals surface area (Å²) in [5.74, 6) is 0.0876. The number of aliphatic hydroxyl groups excluding tert-OH is 1. The van der Waals surface area contributed by atoms with Crippen LogP contribution in [0.5, 0.6) is 0 Å². The van der Waals surface area contributed by atoms with Gasteiger partial charge in [-0.2, -0.15) is 0 Å². The van der Waals surface area contributed by atoms with E-state index in [1.54, 1.807) is 0 Å². The maximum atomic E-state index is 11.2. The number of carbonyl (C=O) groups is 1. The number of rotatable bonds is 13. The molecule has 0 saturated carbocycles. The second kappa shape index (κ2) is 13.0. The second-order valence-electron chi connectivity index (χ2n) is 5.24. The van der Waals surface area contributed by atoms with Crippen molar-refractivity contribution in [3.05, 3.63) is 0 Å². The van der Waals surface area contributed by atoms with Crippen LogP contribution in [-0.2, 0) is 4.79 Å². The molecule has 3 heteroatoms. The van der Waals surface area contributed by atoms with Gasteiger partial charge in [-0.3, -0.25) is 4.79 Å². The fraction of sp³-hybridized carbons (Fsp3) is 0.933. The molecule has 0 aromatic carbocycles. The van der Waals surface area contributed by atoms with Crippen LogP contribution in [-0.4, -0.2) is 17.1 Å². The Labute approximate surface area is 112 Å². The van der Waals surface area contributed by atoms with E-state index in [9.17, 15) is 4.79 Å². The largest absolute Gasteiger partial charge is 0.378 e. The molecule has 0 aromatic heterocycles. The summed E-state index contributed by atoms with van der Waals surface area (Å²) in [5.41, 5.74) is 5.15. The Hall–Kier alpha value is -0.410. The van der Waals surface area contributed by atoms with Crippen molar-refractivity contribution in [3.8, 4) is 0 Å². The van der Waals surface area contributed by atoms with E-state index in [1.165, 1.54) is 51.4 Å². The molecule has 18 heavy (non-hydrogen) atoms. The SMILES string of the molecule is CCCCCCCCCCCCC(=O)CC(N)O. The Morgan fingerprint density at radius 2 is 1.39 bits per heavy atom. The molecule has 1 unspecified atom stereocenters. The fourth-order valence-corrected chi connectivity index (χ4v) is 2.14. The highest BCUT2D eigenvalue weighted by atomic mass is 16.3. The molecule has 0 amide bonds. The number of nitrogens with two attached hydrogens (primary N) is 1.